The Bertz CT molecular complexity index is 520. The van der Waals surface area contributed by atoms with E-state index < -0.39 is 41.9 Å². The number of hydrogen-bond donors (Lipinski definition) is 1. The van der Waals surface area contributed by atoms with Crippen LogP contribution in [-0.4, -0.2) is 51.9 Å². The Kier molecular flexibility index (Phi) is 8.40. The summed E-state index contributed by atoms with van der Waals surface area (Å²) in [4.78, 5) is 11.6. The summed E-state index contributed by atoms with van der Waals surface area (Å²) < 4.78 is 78.7. The van der Waals surface area contributed by atoms with Crippen molar-refractivity contribution in [3.63, 3.8) is 0 Å². The Morgan fingerprint density at radius 3 is 2.12 bits per heavy atom. The predicted octanol–water partition coefficient (Wildman–Crippen LogP) is 3.15. The third-order valence-electron chi connectivity index (χ3n) is 3.61. The van der Waals surface area contributed by atoms with Crippen LogP contribution in [0.2, 0.25) is 19.1 Å². The van der Waals surface area contributed by atoms with Crippen molar-refractivity contribution in [2.45, 2.75) is 63.5 Å². The molecule has 1 N–H and O–H groups in total. The van der Waals surface area contributed by atoms with Crippen molar-refractivity contribution < 1.29 is 40.1 Å². The molecule has 144 valence electrons. The van der Waals surface area contributed by atoms with Crippen molar-refractivity contribution in [3.8, 4) is 0 Å². The van der Waals surface area contributed by atoms with Gasteiger partial charge in [-0.05, 0) is 32.5 Å². The monoisotopic (exact) mass is 394 g/mol. The molecule has 0 aliphatic carbocycles. The lowest BCUT2D eigenvalue weighted by Crippen LogP contribution is -2.51. The molecule has 0 amide bonds. The zero-order chi connectivity index (χ0) is 19.2. The largest absolute Gasteiger partial charge is 0.448 e. The van der Waals surface area contributed by atoms with Gasteiger partial charge in [0, 0.05) is 13.5 Å². The number of unbranched alkanes of at least 4 members (excludes halogenated alkanes) is 2. The van der Waals surface area contributed by atoms with Crippen molar-refractivity contribution >= 4 is 24.4 Å². The smallest absolute Gasteiger partial charge is 0.429 e. The second-order valence-corrected chi connectivity index (χ2v) is 12.3. The summed E-state index contributed by atoms with van der Waals surface area (Å²) in [5, 5.41) is 0. The van der Waals surface area contributed by atoms with E-state index in [9.17, 15) is 26.4 Å². The minimum atomic E-state index is -5.12. The van der Waals surface area contributed by atoms with Gasteiger partial charge in [0.1, 0.15) is 5.75 Å². The lowest BCUT2D eigenvalue weighted by atomic mass is 10.1. The second-order valence-electron chi connectivity index (χ2n) is 6.45. The summed E-state index contributed by atoms with van der Waals surface area (Å²) in [5.74, 6) is -2.88. The number of esters is 1. The molecule has 24 heavy (non-hydrogen) atoms. The fourth-order valence-corrected chi connectivity index (χ4v) is 4.14. The predicted molar refractivity (Wildman–Crippen MR) is 84.7 cm³/mol. The Balaban J connectivity index is 4.50. The summed E-state index contributed by atoms with van der Waals surface area (Å²) in [6, 6.07) is 0.863. The van der Waals surface area contributed by atoms with Crippen molar-refractivity contribution in [1.82, 2.24) is 0 Å². The highest BCUT2D eigenvalue weighted by atomic mass is 32.2. The number of carbonyl (C=O) groups excluding carboxylic acids is 1. The maximum atomic E-state index is 12.9. The van der Waals surface area contributed by atoms with E-state index >= 15 is 0 Å². The average Bonchev–Trinajstić information content (AvgIpc) is 2.34. The topological polar surface area (TPSA) is 89.9 Å². The molecule has 0 bridgehead atoms. The lowest BCUT2D eigenvalue weighted by molar-refractivity contribution is -0.256. The molecule has 0 heterocycles. The van der Waals surface area contributed by atoms with Crippen LogP contribution in [0.4, 0.5) is 13.2 Å². The molecule has 0 fully saturated rings. The quantitative estimate of drug-likeness (QED) is 0.265. The van der Waals surface area contributed by atoms with Gasteiger partial charge in [-0.3, -0.25) is 9.35 Å². The van der Waals surface area contributed by atoms with Crippen LogP contribution in [0.1, 0.15) is 32.6 Å². The summed E-state index contributed by atoms with van der Waals surface area (Å²) in [5.41, 5.74) is -3.28. The number of alkyl halides is 3. The molecule has 0 radical (unpaired) electrons. The molecule has 0 aliphatic rings. The van der Waals surface area contributed by atoms with Crippen LogP contribution in [0.15, 0.2) is 0 Å². The molecular formula is C13H25F3O6SSi. The molecule has 1 unspecified atom stereocenters. The van der Waals surface area contributed by atoms with Crippen LogP contribution in [0.5, 0.6) is 0 Å². The minimum Gasteiger partial charge on any atom is -0.448 e. The van der Waals surface area contributed by atoms with Gasteiger partial charge in [-0.1, -0.05) is 12.8 Å². The van der Waals surface area contributed by atoms with Gasteiger partial charge in [-0.2, -0.15) is 21.6 Å². The molecule has 0 saturated carbocycles. The van der Waals surface area contributed by atoms with Gasteiger partial charge in [-0.15, -0.1) is 0 Å². The van der Waals surface area contributed by atoms with Gasteiger partial charge < -0.3 is 9.16 Å². The highest BCUT2D eigenvalue weighted by Gasteiger charge is 2.56. The van der Waals surface area contributed by atoms with E-state index in [1.165, 1.54) is 0 Å². The van der Waals surface area contributed by atoms with E-state index in [0.29, 0.717) is 19.8 Å². The van der Waals surface area contributed by atoms with Gasteiger partial charge in [0.2, 0.25) is 5.60 Å². The van der Waals surface area contributed by atoms with E-state index in [4.69, 9.17) is 8.98 Å². The zero-order valence-electron chi connectivity index (χ0n) is 14.3. The number of ether oxygens (including phenoxy) is 1. The van der Waals surface area contributed by atoms with Crippen LogP contribution >= 0.6 is 0 Å². The summed E-state index contributed by atoms with van der Waals surface area (Å²) in [7, 11) is -5.03. The standard InChI is InChI=1S/C13H25F3O6SSi/c1-12(13(14,15)16,10-23(18,19)20)22-11(17)8-6-5-7-9-24(3,4)21-2/h5-10H2,1-4H3,(H,18,19,20). The lowest BCUT2D eigenvalue weighted by Gasteiger charge is -2.30. The molecule has 11 heteroatoms. The molecule has 1 atom stereocenters. The van der Waals surface area contributed by atoms with Gasteiger partial charge in [0.15, 0.2) is 8.32 Å². The number of halogens is 3. The molecule has 0 saturated heterocycles. The first-order chi connectivity index (χ1) is 10.6. The summed E-state index contributed by atoms with van der Waals surface area (Å²) >= 11 is 0. The highest BCUT2D eigenvalue weighted by molar-refractivity contribution is 7.85. The first-order valence-corrected chi connectivity index (χ1v) is 12.1. The van der Waals surface area contributed by atoms with Crippen LogP contribution in [0.25, 0.3) is 0 Å². The van der Waals surface area contributed by atoms with E-state index in [-0.39, 0.29) is 6.42 Å². The normalized spacial score (nSPS) is 15.8. The molecule has 0 aromatic rings. The summed E-state index contributed by atoms with van der Waals surface area (Å²) in [6.07, 6.45) is -3.65. The molecule has 0 rings (SSSR count). The Hall–Kier alpha value is -0.653. The zero-order valence-corrected chi connectivity index (χ0v) is 16.1. The van der Waals surface area contributed by atoms with E-state index in [1.54, 1.807) is 7.11 Å². The Morgan fingerprint density at radius 2 is 1.71 bits per heavy atom. The van der Waals surface area contributed by atoms with E-state index in [1.807, 2.05) is 13.1 Å². The van der Waals surface area contributed by atoms with Crippen molar-refractivity contribution in [2.24, 2.45) is 0 Å². The van der Waals surface area contributed by atoms with Crippen molar-refractivity contribution in [3.05, 3.63) is 0 Å². The first-order valence-electron chi connectivity index (χ1n) is 7.41. The maximum absolute atomic E-state index is 12.9. The molecule has 0 spiro atoms. The van der Waals surface area contributed by atoms with Crippen LogP contribution in [0.3, 0.4) is 0 Å². The van der Waals surface area contributed by atoms with Crippen molar-refractivity contribution in [2.75, 3.05) is 12.9 Å². The molecule has 0 aromatic heterocycles. The second kappa shape index (κ2) is 8.63. The Labute approximate surface area is 141 Å². The SMILES string of the molecule is CO[Si](C)(C)CCCCCC(=O)OC(C)(CS(=O)(=O)O)C(F)(F)F. The van der Waals surface area contributed by atoms with E-state index in [2.05, 4.69) is 4.74 Å². The van der Waals surface area contributed by atoms with Crippen LogP contribution in [-0.2, 0) is 24.1 Å². The molecule has 0 aliphatic heterocycles. The van der Waals surface area contributed by atoms with Crippen LogP contribution < -0.4 is 0 Å². The third-order valence-corrected chi connectivity index (χ3v) is 7.19. The fraction of sp³-hybridized carbons (Fsp3) is 0.923. The number of carbonyl (C=O) groups is 1. The van der Waals surface area contributed by atoms with Gasteiger partial charge >= 0.3 is 12.1 Å². The van der Waals surface area contributed by atoms with Crippen molar-refractivity contribution in [1.29, 1.82) is 0 Å². The minimum absolute atomic E-state index is 0.258. The Morgan fingerprint density at radius 1 is 1.17 bits per heavy atom. The first kappa shape index (κ1) is 23.3. The van der Waals surface area contributed by atoms with E-state index in [0.717, 1.165) is 12.5 Å². The maximum Gasteiger partial charge on any atom is 0.429 e. The number of hydrogen-bond acceptors (Lipinski definition) is 5. The fourth-order valence-electron chi connectivity index (χ4n) is 1.92. The highest BCUT2D eigenvalue weighted by Crippen LogP contribution is 2.35. The number of rotatable bonds is 10. The molecule has 0 aromatic carbocycles. The van der Waals surface area contributed by atoms with Crippen LogP contribution in [0, 0.1) is 0 Å². The summed E-state index contributed by atoms with van der Waals surface area (Å²) in [6.45, 7) is 4.49. The van der Waals surface area contributed by atoms with Gasteiger partial charge in [0.05, 0.1) is 0 Å². The van der Waals surface area contributed by atoms with Gasteiger partial charge in [0.25, 0.3) is 10.1 Å². The van der Waals surface area contributed by atoms with Gasteiger partial charge in [-0.25, -0.2) is 0 Å². The average molecular weight is 394 g/mol. The molecular weight excluding hydrogens is 369 g/mol. The molecule has 6 nitrogen and oxygen atoms in total. The third kappa shape index (κ3) is 8.99.